The first-order chi connectivity index (χ1) is 15.5. The van der Waals surface area contributed by atoms with Gasteiger partial charge in [0.2, 0.25) is 5.91 Å². The first kappa shape index (κ1) is 22.0. The number of halogens is 1. The zero-order chi connectivity index (χ0) is 22.5. The van der Waals surface area contributed by atoms with Crippen molar-refractivity contribution >= 4 is 35.1 Å². The predicted molar refractivity (Wildman–Crippen MR) is 127 cm³/mol. The van der Waals surface area contributed by atoms with Gasteiger partial charge < -0.3 is 15.0 Å². The van der Waals surface area contributed by atoms with E-state index in [1.165, 1.54) is 6.08 Å². The normalized spacial score (nSPS) is 14.2. The third-order valence-corrected chi connectivity index (χ3v) is 5.86. The maximum Gasteiger partial charge on any atom is 0.249 e. The van der Waals surface area contributed by atoms with Gasteiger partial charge in [-0.3, -0.25) is 9.48 Å². The number of ether oxygens (including phenoxy) is 1. The summed E-state index contributed by atoms with van der Waals surface area (Å²) in [7, 11) is 0. The first-order valence-electron chi connectivity index (χ1n) is 10.6. The zero-order valence-corrected chi connectivity index (χ0v) is 19.0. The number of hydrogen-bond donors (Lipinski definition) is 1. The monoisotopic (exact) mass is 451 g/mol. The van der Waals surface area contributed by atoms with E-state index in [-0.39, 0.29) is 5.91 Å². The van der Waals surface area contributed by atoms with Crippen LogP contribution >= 0.6 is 11.6 Å². The van der Waals surface area contributed by atoms with Crippen LogP contribution in [0.2, 0.25) is 5.02 Å². The summed E-state index contributed by atoms with van der Waals surface area (Å²) < 4.78 is 7.28. The Labute approximate surface area is 192 Å². The van der Waals surface area contributed by atoms with E-state index < -0.39 is 0 Å². The van der Waals surface area contributed by atoms with E-state index in [0.29, 0.717) is 17.4 Å². The fourth-order valence-electron chi connectivity index (χ4n) is 3.69. The molecule has 0 bridgehead atoms. The van der Waals surface area contributed by atoms with Crippen LogP contribution in [-0.2, 0) is 16.1 Å². The van der Waals surface area contributed by atoms with Gasteiger partial charge >= 0.3 is 0 Å². The molecular weight excluding hydrogens is 426 g/mol. The molecule has 1 fully saturated rings. The van der Waals surface area contributed by atoms with Crippen molar-refractivity contribution in [3.8, 4) is 0 Å². The number of pyridine rings is 1. The minimum Gasteiger partial charge on any atom is -0.378 e. The van der Waals surface area contributed by atoms with Crippen LogP contribution in [0.25, 0.3) is 6.08 Å². The van der Waals surface area contributed by atoms with Crippen molar-refractivity contribution in [3.05, 3.63) is 76.2 Å². The summed E-state index contributed by atoms with van der Waals surface area (Å²) in [5, 5.41) is 8.13. The van der Waals surface area contributed by atoms with Gasteiger partial charge in [0.1, 0.15) is 5.82 Å². The Bertz CT molecular complexity index is 1120. The second kappa shape index (κ2) is 9.97. The molecule has 8 heteroatoms. The van der Waals surface area contributed by atoms with E-state index in [1.54, 1.807) is 12.3 Å². The smallest absolute Gasteiger partial charge is 0.249 e. The summed E-state index contributed by atoms with van der Waals surface area (Å²) >= 11 is 6.28. The Balaban J connectivity index is 1.40. The number of hydrogen-bond acceptors (Lipinski definition) is 5. The highest BCUT2D eigenvalue weighted by molar-refractivity contribution is 6.31. The molecule has 0 unspecified atom stereocenters. The van der Waals surface area contributed by atoms with Crippen molar-refractivity contribution in [2.24, 2.45) is 0 Å². The van der Waals surface area contributed by atoms with Gasteiger partial charge in [-0.1, -0.05) is 29.8 Å². The minimum atomic E-state index is -0.241. The maximum absolute atomic E-state index is 12.4. The predicted octanol–water partition coefficient (Wildman–Crippen LogP) is 4.09. The summed E-state index contributed by atoms with van der Waals surface area (Å²) in [6.07, 6.45) is 5.07. The van der Waals surface area contributed by atoms with Crippen molar-refractivity contribution in [1.29, 1.82) is 0 Å². The molecule has 0 atom stereocenters. The molecule has 2 aromatic heterocycles. The highest BCUT2D eigenvalue weighted by Crippen LogP contribution is 2.21. The van der Waals surface area contributed by atoms with Crippen molar-refractivity contribution < 1.29 is 9.53 Å². The highest BCUT2D eigenvalue weighted by Gasteiger charge is 2.13. The van der Waals surface area contributed by atoms with E-state index in [0.717, 1.165) is 54.5 Å². The number of nitrogens with zero attached hydrogens (tertiary/aromatic N) is 4. The minimum absolute atomic E-state index is 0.241. The van der Waals surface area contributed by atoms with E-state index in [1.807, 2.05) is 54.9 Å². The lowest BCUT2D eigenvalue weighted by atomic mass is 10.1. The quantitative estimate of drug-likeness (QED) is 0.571. The van der Waals surface area contributed by atoms with Gasteiger partial charge in [-0.15, -0.1) is 0 Å². The van der Waals surface area contributed by atoms with Crippen molar-refractivity contribution in [3.63, 3.8) is 0 Å². The van der Waals surface area contributed by atoms with Gasteiger partial charge in [-0.05, 0) is 43.7 Å². The Morgan fingerprint density at radius 1 is 1.19 bits per heavy atom. The van der Waals surface area contributed by atoms with E-state index in [9.17, 15) is 4.79 Å². The van der Waals surface area contributed by atoms with Crippen LogP contribution in [0.1, 0.15) is 22.5 Å². The number of nitrogens with one attached hydrogen (secondary N) is 1. The van der Waals surface area contributed by atoms with Crippen LogP contribution in [0.15, 0.2) is 48.7 Å². The molecule has 4 rings (SSSR count). The second-order valence-electron chi connectivity index (χ2n) is 7.66. The summed E-state index contributed by atoms with van der Waals surface area (Å²) in [4.78, 5) is 19.0. The van der Waals surface area contributed by atoms with E-state index in [2.05, 4.69) is 20.3 Å². The summed E-state index contributed by atoms with van der Waals surface area (Å²) in [6.45, 7) is 7.62. The molecule has 0 aliphatic carbocycles. The lowest BCUT2D eigenvalue weighted by Gasteiger charge is -2.28. The van der Waals surface area contributed by atoms with Crippen molar-refractivity contribution in [2.75, 3.05) is 36.5 Å². The van der Waals surface area contributed by atoms with E-state index >= 15 is 0 Å². The molecule has 166 valence electrons. The number of aryl methyl sites for hydroxylation is 1. The molecule has 3 heterocycles. The zero-order valence-electron chi connectivity index (χ0n) is 18.2. The lowest BCUT2D eigenvalue weighted by molar-refractivity contribution is -0.111. The number of carbonyl (C=O) groups excluding carboxylic acids is 1. The third kappa shape index (κ3) is 5.18. The Kier molecular flexibility index (Phi) is 6.87. The molecule has 32 heavy (non-hydrogen) atoms. The Hall–Kier alpha value is -3.16. The van der Waals surface area contributed by atoms with Crippen molar-refractivity contribution in [2.45, 2.75) is 20.4 Å². The van der Waals surface area contributed by atoms with Crippen LogP contribution in [0.4, 0.5) is 11.5 Å². The first-order valence-corrected chi connectivity index (χ1v) is 10.9. The molecule has 1 N–H and O–H groups in total. The van der Waals surface area contributed by atoms with Gasteiger partial charge in [0.15, 0.2) is 0 Å². The number of carbonyl (C=O) groups is 1. The van der Waals surface area contributed by atoms with Crippen LogP contribution in [0.5, 0.6) is 0 Å². The lowest BCUT2D eigenvalue weighted by Crippen LogP contribution is -2.36. The molecule has 7 nitrogen and oxygen atoms in total. The molecule has 3 aromatic rings. The van der Waals surface area contributed by atoms with Crippen LogP contribution in [-0.4, -0.2) is 47.0 Å². The fourth-order valence-corrected chi connectivity index (χ4v) is 3.88. The molecule has 1 aliphatic rings. The van der Waals surface area contributed by atoms with Crippen molar-refractivity contribution in [1.82, 2.24) is 14.8 Å². The third-order valence-electron chi connectivity index (χ3n) is 5.49. The standard InChI is InChI=1S/C24H26ClN5O2/c1-17-21(18(2)30(28-17)16-19-5-3-4-6-22(19)25)8-10-24(31)27-23-9-7-20(15-26-23)29-11-13-32-14-12-29/h3-10,15H,11-14,16H2,1-2H3,(H,26,27,31). The number of morpholine rings is 1. The number of benzene rings is 1. The van der Waals surface area contributed by atoms with Gasteiger partial charge in [0.05, 0.1) is 37.3 Å². The second-order valence-corrected chi connectivity index (χ2v) is 8.06. The Morgan fingerprint density at radius 3 is 2.69 bits per heavy atom. The van der Waals surface area contributed by atoms with Crippen LogP contribution in [0.3, 0.4) is 0 Å². The summed E-state index contributed by atoms with van der Waals surface area (Å²) in [6, 6.07) is 11.5. The molecule has 0 spiro atoms. The summed E-state index contributed by atoms with van der Waals surface area (Å²) in [5.41, 5.74) is 4.77. The summed E-state index contributed by atoms with van der Waals surface area (Å²) in [5.74, 6) is 0.272. The molecule has 1 saturated heterocycles. The topological polar surface area (TPSA) is 72.3 Å². The molecule has 1 aromatic carbocycles. The average molecular weight is 452 g/mol. The highest BCUT2D eigenvalue weighted by atomic mass is 35.5. The largest absolute Gasteiger partial charge is 0.378 e. The van der Waals surface area contributed by atoms with Gasteiger partial charge in [0, 0.05) is 35.4 Å². The fraction of sp³-hybridized carbons (Fsp3) is 0.292. The average Bonchev–Trinajstić information content (AvgIpc) is 3.07. The number of anilines is 2. The molecule has 0 saturated carbocycles. The number of rotatable bonds is 6. The molecule has 1 amide bonds. The molecular formula is C24H26ClN5O2. The SMILES string of the molecule is Cc1nn(Cc2ccccc2Cl)c(C)c1C=CC(=O)Nc1ccc(N2CCOCC2)cn1. The molecule has 0 radical (unpaired) electrons. The number of aromatic nitrogens is 3. The van der Waals surface area contributed by atoms with Gasteiger partial charge in [0.25, 0.3) is 0 Å². The van der Waals surface area contributed by atoms with Crippen LogP contribution < -0.4 is 10.2 Å². The van der Waals surface area contributed by atoms with E-state index in [4.69, 9.17) is 16.3 Å². The Morgan fingerprint density at radius 2 is 1.97 bits per heavy atom. The van der Waals surface area contributed by atoms with Crippen LogP contribution in [0, 0.1) is 13.8 Å². The number of amides is 1. The van der Waals surface area contributed by atoms with Gasteiger partial charge in [-0.25, -0.2) is 4.98 Å². The maximum atomic E-state index is 12.4. The molecule has 1 aliphatic heterocycles. The van der Waals surface area contributed by atoms with Gasteiger partial charge in [-0.2, -0.15) is 5.10 Å².